The number of carboxylic acids is 1. The lowest BCUT2D eigenvalue weighted by atomic mass is 10.1. The predicted molar refractivity (Wildman–Crippen MR) is 73.0 cm³/mol. The predicted octanol–water partition coefficient (Wildman–Crippen LogP) is 0.599. The number of nitrogens with one attached hydrogen (secondary N) is 1. The first-order valence-corrected chi connectivity index (χ1v) is 7.46. The third-order valence-corrected chi connectivity index (χ3v) is 4.05. The number of aliphatic carboxylic acids is 1. The molecule has 2 N–H and O–H groups in total. The van der Waals surface area contributed by atoms with Gasteiger partial charge in [0.1, 0.15) is 6.04 Å². The van der Waals surface area contributed by atoms with Crippen LogP contribution in [0, 0.1) is 5.92 Å². The second-order valence-electron chi connectivity index (χ2n) is 4.62. The molecular formula is C12H19BrN2O4. The first kappa shape index (κ1) is 15.9. The topological polar surface area (TPSA) is 86.7 Å². The zero-order valence-corrected chi connectivity index (χ0v) is 12.5. The molecule has 1 saturated heterocycles. The molecule has 0 saturated carbocycles. The molecule has 2 atom stereocenters. The van der Waals surface area contributed by atoms with Gasteiger partial charge < -0.3 is 15.3 Å². The Balaban J connectivity index is 2.60. The largest absolute Gasteiger partial charge is 0.480 e. The van der Waals surface area contributed by atoms with Gasteiger partial charge in [-0.3, -0.25) is 9.59 Å². The van der Waals surface area contributed by atoms with Crippen LogP contribution in [-0.2, 0) is 14.4 Å². The van der Waals surface area contributed by atoms with Gasteiger partial charge in [0.2, 0.25) is 11.8 Å². The highest BCUT2D eigenvalue weighted by atomic mass is 79.9. The molecule has 0 aromatic carbocycles. The maximum absolute atomic E-state index is 11.8. The minimum atomic E-state index is -1.05. The van der Waals surface area contributed by atoms with Crippen LogP contribution in [0.5, 0.6) is 0 Å². The van der Waals surface area contributed by atoms with Crippen LogP contribution >= 0.6 is 15.9 Å². The Bertz CT molecular complexity index is 362. The smallest absolute Gasteiger partial charge is 0.326 e. The van der Waals surface area contributed by atoms with Gasteiger partial charge in [-0.15, -0.1) is 0 Å². The monoisotopic (exact) mass is 334 g/mol. The molecule has 0 radical (unpaired) electrons. The zero-order valence-electron chi connectivity index (χ0n) is 10.9. The van der Waals surface area contributed by atoms with Crippen molar-refractivity contribution in [3.05, 3.63) is 0 Å². The van der Waals surface area contributed by atoms with Crippen molar-refractivity contribution in [1.82, 2.24) is 10.2 Å². The fraction of sp³-hybridized carbons (Fsp3) is 0.750. The van der Waals surface area contributed by atoms with E-state index >= 15 is 0 Å². The first-order valence-electron chi connectivity index (χ1n) is 6.34. The molecule has 1 aliphatic heterocycles. The lowest BCUT2D eigenvalue weighted by molar-refractivity contribution is -0.148. The van der Waals surface area contributed by atoms with Gasteiger partial charge in [-0.2, -0.15) is 0 Å². The van der Waals surface area contributed by atoms with Crippen molar-refractivity contribution in [1.29, 1.82) is 0 Å². The summed E-state index contributed by atoms with van der Waals surface area (Å²) in [6, 6.07) is -0.904. The molecule has 1 heterocycles. The summed E-state index contributed by atoms with van der Waals surface area (Å²) in [5, 5.41) is 12.5. The maximum atomic E-state index is 11.8. The van der Waals surface area contributed by atoms with Gasteiger partial charge in [-0.05, 0) is 19.3 Å². The quantitative estimate of drug-likeness (QED) is 0.667. The van der Waals surface area contributed by atoms with Gasteiger partial charge in [0, 0.05) is 31.3 Å². The summed E-state index contributed by atoms with van der Waals surface area (Å²) in [6.07, 6.45) is 0.645. The van der Waals surface area contributed by atoms with Gasteiger partial charge in [-0.25, -0.2) is 4.79 Å². The molecule has 0 aromatic heterocycles. The van der Waals surface area contributed by atoms with Gasteiger partial charge in [0.15, 0.2) is 0 Å². The number of carbonyl (C=O) groups excluding carboxylic acids is 2. The summed E-state index contributed by atoms with van der Waals surface area (Å²) in [6.45, 7) is 2.76. The summed E-state index contributed by atoms with van der Waals surface area (Å²) in [5.41, 5.74) is 0. The minimum absolute atomic E-state index is 0.119. The zero-order chi connectivity index (χ0) is 14.4. The molecule has 6 nitrogen and oxygen atoms in total. The van der Waals surface area contributed by atoms with E-state index in [-0.39, 0.29) is 30.6 Å². The van der Waals surface area contributed by atoms with E-state index in [0.29, 0.717) is 24.8 Å². The lowest BCUT2D eigenvalue weighted by Crippen LogP contribution is -2.43. The van der Waals surface area contributed by atoms with Crippen molar-refractivity contribution in [3.8, 4) is 0 Å². The van der Waals surface area contributed by atoms with E-state index in [1.54, 1.807) is 6.92 Å². The normalized spacial score (nSPS) is 20.4. The van der Waals surface area contributed by atoms with Crippen LogP contribution in [0.25, 0.3) is 0 Å². The number of carboxylic acid groups (broad SMARTS) is 1. The van der Waals surface area contributed by atoms with Crippen LogP contribution in [0.3, 0.4) is 0 Å². The number of carbonyl (C=O) groups is 3. The van der Waals surface area contributed by atoms with E-state index in [1.807, 2.05) is 0 Å². The van der Waals surface area contributed by atoms with Crippen molar-refractivity contribution < 1.29 is 19.5 Å². The summed E-state index contributed by atoms with van der Waals surface area (Å²) in [4.78, 5) is 35.8. The van der Waals surface area contributed by atoms with Crippen LogP contribution in [-0.4, -0.2) is 52.3 Å². The summed E-state index contributed by atoms with van der Waals surface area (Å²) in [7, 11) is 0. The Morgan fingerprint density at radius 1 is 1.58 bits per heavy atom. The van der Waals surface area contributed by atoms with Crippen molar-refractivity contribution >= 4 is 33.7 Å². The standard InChI is InChI=1S/C12H19BrN2O4/c1-2-14-10(16)4-3-9(12(18)19)15-7-8(6-13)5-11(15)17/h8-9H,2-7H2,1H3,(H,14,16)(H,18,19)/t8?,9-/m0/s1. The van der Waals surface area contributed by atoms with Crippen LogP contribution in [0.2, 0.25) is 0 Å². The number of halogens is 1. The Hall–Kier alpha value is -1.11. The van der Waals surface area contributed by atoms with Crippen LogP contribution in [0.1, 0.15) is 26.2 Å². The van der Waals surface area contributed by atoms with Gasteiger partial charge in [0.25, 0.3) is 0 Å². The molecule has 1 unspecified atom stereocenters. The van der Waals surface area contributed by atoms with Crippen molar-refractivity contribution in [2.45, 2.75) is 32.2 Å². The highest BCUT2D eigenvalue weighted by Gasteiger charge is 2.37. The summed E-state index contributed by atoms with van der Waals surface area (Å²) in [5.74, 6) is -1.23. The average molecular weight is 335 g/mol. The van der Waals surface area contributed by atoms with Gasteiger partial charge in [-0.1, -0.05) is 15.9 Å². The molecule has 1 aliphatic rings. The van der Waals surface area contributed by atoms with Crippen LogP contribution in [0.15, 0.2) is 0 Å². The van der Waals surface area contributed by atoms with Gasteiger partial charge >= 0.3 is 5.97 Å². The Morgan fingerprint density at radius 2 is 2.26 bits per heavy atom. The number of rotatable bonds is 7. The highest BCUT2D eigenvalue weighted by Crippen LogP contribution is 2.23. The molecule has 1 rings (SSSR count). The number of likely N-dealkylation sites (tertiary alicyclic amines) is 1. The number of amides is 2. The Kier molecular flexibility index (Phi) is 6.27. The molecule has 0 aromatic rings. The highest BCUT2D eigenvalue weighted by molar-refractivity contribution is 9.09. The van der Waals surface area contributed by atoms with E-state index in [2.05, 4.69) is 21.2 Å². The third-order valence-electron chi connectivity index (χ3n) is 3.14. The summed E-state index contributed by atoms with van der Waals surface area (Å²) < 4.78 is 0. The molecule has 7 heteroatoms. The average Bonchev–Trinajstić information content (AvgIpc) is 2.71. The maximum Gasteiger partial charge on any atom is 0.326 e. The van der Waals surface area contributed by atoms with Gasteiger partial charge in [0.05, 0.1) is 0 Å². The molecular weight excluding hydrogens is 316 g/mol. The van der Waals surface area contributed by atoms with E-state index < -0.39 is 12.0 Å². The molecule has 1 fully saturated rings. The van der Waals surface area contributed by atoms with E-state index in [0.717, 1.165) is 0 Å². The molecule has 2 amide bonds. The first-order chi connectivity index (χ1) is 8.99. The molecule has 0 aliphatic carbocycles. The van der Waals surface area contributed by atoms with E-state index in [1.165, 1.54) is 4.90 Å². The second-order valence-corrected chi connectivity index (χ2v) is 5.26. The number of nitrogens with zero attached hydrogens (tertiary/aromatic N) is 1. The van der Waals surface area contributed by atoms with E-state index in [4.69, 9.17) is 0 Å². The van der Waals surface area contributed by atoms with E-state index in [9.17, 15) is 19.5 Å². The lowest BCUT2D eigenvalue weighted by Gasteiger charge is -2.24. The number of hydrogen-bond acceptors (Lipinski definition) is 3. The number of hydrogen-bond donors (Lipinski definition) is 2. The molecule has 0 bridgehead atoms. The Morgan fingerprint density at radius 3 is 2.74 bits per heavy atom. The molecule has 108 valence electrons. The number of alkyl halides is 1. The third kappa shape index (κ3) is 4.49. The van der Waals surface area contributed by atoms with Crippen LogP contribution in [0.4, 0.5) is 0 Å². The minimum Gasteiger partial charge on any atom is -0.480 e. The fourth-order valence-electron chi connectivity index (χ4n) is 2.18. The molecule has 0 spiro atoms. The van der Waals surface area contributed by atoms with Crippen LogP contribution < -0.4 is 5.32 Å². The van der Waals surface area contributed by atoms with Crippen molar-refractivity contribution in [2.75, 3.05) is 18.4 Å². The second kappa shape index (κ2) is 7.47. The molecule has 19 heavy (non-hydrogen) atoms. The Labute approximate surface area is 120 Å². The van der Waals surface area contributed by atoms with Crippen molar-refractivity contribution in [3.63, 3.8) is 0 Å². The van der Waals surface area contributed by atoms with Crippen molar-refractivity contribution in [2.24, 2.45) is 5.92 Å². The summed E-state index contributed by atoms with van der Waals surface area (Å²) >= 11 is 3.31. The SMILES string of the molecule is CCNC(=O)CC[C@@H](C(=O)O)N1CC(CBr)CC1=O. The fourth-order valence-corrected chi connectivity index (χ4v) is 2.61.